The fourth-order valence-corrected chi connectivity index (χ4v) is 5.79. The minimum atomic E-state index is -4.44. The van der Waals surface area contributed by atoms with Crippen LogP contribution in [0.5, 0.6) is 0 Å². The molecule has 1 aliphatic rings. The number of piperidine rings is 1. The lowest BCUT2D eigenvalue weighted by atomic mass is 9.84. The Hall–Kier alpha value is -2.51. The van der Waals surface area contributed by atoms with Crippen LogP contribution < -0.4 is 0 Å². The van der Waals surface area contributed by atoms with Gasteiger partial charge in [-0.25, -0.2) is 0 Å². The minimum absolute atomic E-state index is 0.0476. The van der Waals surface area contributed by atoms with Gasteiger partial charge in [-0.15, -0.1) is 0 Å². The number of benzene rings is 2. The molecule has 0 N–H and O–H groups in total. The Labute approximate surface area is 218 Å². The van der Waals surface area contributed by atoms with E-state index in [0.29, 0.717) is 52.1 Å². The van der Waals surface area contributed by atoms with Crippen LogP contribution in [0.3, 0.4) is 0 Å². The highest BCUT2D eigenvalue weighted by atomic mass is 35.5. The third-order valence-corrected chi connectivity index (χ3v) is 8.07. The van der Waals surface area contributed by atoms with Gasteiger partial charge in [0, 0.05) is 54.1 Å². The quantitative estimate of drug-likeness (QED) is 0.355. The van der Waals surface area contributed by atoms with Gasteiger partial charge in [-0.1, -0.05) is 30.1 Å². The van der Waals surface area contributed by atoms with Gasteiger partial charge in [0.25, 0.3) is 5.91 Å². The Morgan fingerprint density at radius 3 is 2.44 bits per heavy atom. The summed E-state index contributed by atoms with van der Waals surface area (Å²) in [4.78, 5) is 26.9. The molecule has 9 heteroatoms. The summed E-state index contributed by atoms with van der Waals surface area (Å²) < 4.78 is 41.7. The van der Waals surface area contributed by atoms with Gasteiger partial charge in [0.1, 0.15) is 5.78 Å². The molecule has 2 atom stereocenters. The Balaban J connectivity index is 1.67. The van der Waals surface area contributed by atoms with Crippen molar-refractivity contribution in [3.63, 3.8) is 0 Å². The van der Waals surface area contributed by atoms with E-state index in [1.807, 2.05) is 13.0 Å². The molecule has 0 unspecified atom stereocenters. The summed E-state index contributed by atoms with van der Waals surface area (Å²) in [6.45, 7) is 6.12. The number of aryl methyl sites for hydroxylation is 2. The standard InChI is InChI=1S/C27H27Cl2F3N2O2/c1-14-9-17(27(30,31)32)10-24-21(14)11-18(33(24)4)12-22-23(28)6-5-20(25(22)29)26(36)34-8-7-19(16(3)35)15(2)13-34/h5-6,9-11,15,19H,7-8,12-13H2,1-4H3/t15-,19+/m0/s1. The molecule has 36 heavy (non-hydrogen) atoms. The van der Waals surface area contributed by atoms with Gasteiger partial charge in [-0.3, -0.25) is 9.59 Å². The van der Waals surface area contributed by atoms with Crippen LogP contribution >= 0.6 is 23.2 Å². The molecule has 0 spiro atoms. The first-order valence-electron chi connectivity index (χ1n) is 11.7. The van der Waals surface area contributed by atoms with Crippen molar-refractivity contribution in [3.8, 4) is 0 Å². The van der Waals surface area contributed by atoms with Crippen LogP contribution in [0, 0.1) is 18.8 Å². The summed E-state index contributed by atoms with van der Waals surface area (Å²) >= 11 is 13.2. The topological polar surface area (TPSA) is 42.3 Å². The lowest BCUT2D eigenvalue weighted by molar-refractivity contribution is -0.137. The first-order valence-corrected chi connectivity index (χ1v) is 12.5. The number of likely N-dealkylation sites (tertiary alicyclic amines) is 1. The zero-order valence-electron chi connectivity index (χ0n) is 20.5. The first kappa shape index (κ1) is 26.6. The average Bonchev–Trinajstić information content (AvgIpc) is 3.11. The highest BCUT2D eigenvalue weighted by Gasteiger charge is 2.33. The van der Waals surface area contributed by atoms with Crippen LogP contribution in [0.2, 0.25) is 10.0 Å². The largest absolute Gasteiger partial charge is 0.416 e. The zero-order chi connectivity index (χ0) is 26.5. The number of alkyl halides is 3. The van der Waals surface area contributed by atoms with Crippen LogP contribution in [0.4, 0.5) is 13.2 Å². The molecule has 3 aromatic rings. The summed E-state index contributed by atoms with van der Waals surface area (Å²) in [7, 11) is 1.70. The van der Waals surface area contributed by atoms with Crippen molar-refractivity contribution >= 4 is 45.8 Å². The van der Waals surface area contributed by atoms with Crippen LogP contribution in [0.15, 0.2) is 30.3 Å². The summed E-state index contributed by atoms with van der Waals surface area (Å²) in [6.07, 6.45) is -3.59. The number of hydrogen-bond donors (Lipinski definition) is 0. The van der Waals surface area contributed by atoms with Gasteiger partial charge in [-0.05, 0) is 67.6 Å². The second kappa shape index (κ2) is 9.75. The van der Waals surface area contributed by atoms with Crippen molar-refractivity contribution in [1.82, 2.24) is 9.47 Å². The number of halogens is 5. The number of amides is 1. The number of hydrogen-bond acceptors (Lipinski definition) is 2. The van der Waals surface area contributed by atoms with E-state index in [1.165, 1.54) is 0 Å². The first-order chi connectivity index (χ1) is 16.8. The number of carbonyl (C=O) groups is 2. The molecule has 1 aliphatic heterocycles. The summed E-state index contributed by atoms with van der Waals surface area (Å²) in [6, 6.07) is 7.33. The van der Waals surface area contributed by atoms with Crippen molar-refractivity contribution in [1.29, 1.82) is 0 Å². The normalized spacial score (nSPS) is 18.6. The van der Waals surface area contributed by atoms with E-state index in [-0.39, 0.29) is 35.0 Å². The van der Waals surface area contributed by atoms with E-state index < -0.39 is 11.7 Å². The van der Waals surface area contributed by atoms with Gasteiger partial charge in [0.2, 0.25) is 0 Å². The van der Waals surface area contributed by atoms with Gasteiger partial charge in [-0.2, -0.15) is 13.2 Å². The van der Waals surface area contributed by atoms with E-state index >= 15 is 0 Å². The van der Waals surface area contributed by atoms with Crippen LogP contribution in [-0.4, -0.2) is 34.2 Å². The second-order valence-corrected chi connectivity index (χ2v) is 10.5. The molecular weight excluding hydrogens is 512 g/mol. The maximum absolute atomic E-state index is 13.3. The Bertz CT molecular complexity index is 1360. The lowest BCUT2D eigenvalue weighted by Gasteiger charge is -2.36. The maximum Gasteiger partial charge on any atom is 0.416 e. The van der Waals surface area contributed by atoms with Gasteiger partial charge in [0.05, 0.1) is 16.1 Å². The van der Waals surface area contributed by atoms with E-state index in [0.717, 1.165) is 17.8 Å². The SMILES string of the molecule is CC(=O)[C@@H]1CCN(C(=O)c2ccc(Cl)c(Cc3cc4c(C)cc(C(F)(F)F)cc4n3C)c2Cl)C[C@@H]1C. The molecule has 0 radical (unpaired) electrons. The molecule has 0 bridgehead atoms. The summed E-state index contributed by atoms with van der Waals surface area (Å²) in [5.41, 5.74) is 1.85. The number of Topliss-reactive ketones (excluding diaryl/α,β-unsaturated/α-hetero) is 1. The number of ketones is 1. The monoisotopic (exact) mass is 538 g/mol. The molecule has 2 heterocycles. The van der Waals surface area contributed by atoms with E-state index in [4.69, 9.17) is 23.2 Å². The van der Waals surface area contributed by atoms with Crippen LogP contribution in [0.25, 0.3) is 10.9 Å². The van der Waals surface area contributed by atoms with E-state index in [1.54, 1.807) is 42.5 Å². The molecule has 1 amide bonds. The van der Waals surface area contributed by atoms with Crippen LogP contribution in [0.1, 0.15) is 53.0 Å². The highest BCUT2D eigenvalue weighted by molar-refractivity contribution is 6.38. The predicted octanol–water partition coefficient (Wildman–Crippen LogP) is 7.09. The lowest BCUT2D eigenvalue weighted by Crippen LogP contribution is -2.44. The fourth-order valence-electron chi connectivity index (χ4n) is 5.21. The minimum Gasteiger partial charge on any atom is -0.347 e. The summed E-state index contributed by atoms with van der Waals surface area (Å²) in [5.74, 6) is -0.104. The fraction of sp³-hybridized carbons (Fsp3) is 0.407. The molecule has 2 aromatic carbocycles. The number of aromatic nitrogens is 1. The van der Waals surface area contributed by atoms with E-state index in [9.17, 15) is 22.8 Å². The zero-order valence-corrected chi connectivity index (χ0v) is 22.0. The molecule has 192 valence electrons. The van der Waals surface area contributed by atoms with Crippen molar-refractivity contribution < 1.29 is 22.8 Å². The van der Waals surface area contributed by atoms with Crippen molar-refractivity contribution in [2.75, 3.05) is 13.1 Å². The summed E-state index contributed by atoms with van der Waals surface area (Å²) in [5, 5.41) is 1.31. The van der Waals surface area contributed by atoms with Crippen LogP contribution in [-0.2, 0) is 24.4 Å². The third kappa shape index (κ3) is 4.88. The smallest absolute Gasteiger partial charge is 0.347 e. The molecule has 1 aromatic heterocycles. The van der Waals surface area contributed by atoms with Crippen molar-refractivity contribution in [3.05, 3.63) is 68.3 Å². The average molecular weight is 539 g/mol. The van der Waals surface area contributed by atoms with Crippen molar-refractivity contribution in [2.45, 2.75) is 39.8 Å². The molecule has 1 fully saturated rings. The Morgan fingerprint density at radius 2 is 1.83 bits per heavy atom. The highest BCUT2D eigenvalue weighted by Crippen LogP contribution is 2.36. The molecule has 4 rings (SSSR count). The number of carbonyl (C=O) groups excluding carboxylic acids is 2. The molecule has 1 saturated heterocycles. The maximum atomic E-state index is 13.3. The molecule has 0 aliphatic carbocycles. The molecule has 0 saturated carbocycles. The molecular formula is C27H27Cl2F3N2O2. The van der Waals surface area contributed by atoms with Gasteiger partial charge < -0.3 is 9.47 Å². The van der Waals surface area contributed by atoms with E-state index in [2.05, 4.69) is 0 Å². The molecule has 4 nitrogen and oxygen atoms in total. The Kier molecular flexibility index (Phi) is 7.19. The third-order valence-electron chi connectivity index (χ3n) is 7.28. The van der Waals surface area contributed by atoms with Gasteiger partial charge >= 0.3 is 6.18 Å². The number of fused-ring (bicyclic) bond motifs is 1. The van der Waals surface area contributed by atoms with Crippen molar-refractivity contribution in [2.24, 2.45) is 18.9 Å². The number of rotatable bonds is 4. The Morgan fingerprint density at radius 1 is 1.14 bits per heavy atom. The van der Waals surface area contributed by atoms with Gasteiger partial charge in [0.15, 0.2) is 0 Å². The second-order valence-electron chi connectivity index (χ2n) is 9.72. The predicted molar refractivity (Wildman–Crippen MR) is 136 cm³/mol. The number of nitrogens with zero attached hydrogens (tertiary/aromatic N) is 2.